The molecule has 2 aliphatic carbocycles. The Morgan fingerprint density at radius 2 is 1.13 bits per heavy atom. The number of allylic oxidation sites excluding steroid dienone is 2. The van der Waals surface area contributed by atoms with E-state index in [1.165, 1.54) is 60.7 Å². The van der Waals surface area contributed by atoms with Crippen molar-refractivity contribution in [3.05, 3.63) is 176 Å². The van der Waals surface area contributed by atoms with Crippen LogP contribution in [-0.2, 0) is 36.8 Å². The van der Waals surface area contributed by atoms with Crippen LogP contribution in [-0.4, -0.2) is 91.8 Å². The summed E-state index contributed by atoms with van der Waals surface area (Å²) in [7, 11) is -14.8. The molecule has 30 heteroatoms. The number of hydrogen-bond donors (Lipinski definition) is 9. The monoisotopic (exact) mass is 1220 g/mol. The van der Waals surface area contributed by atoms with E-state index in [1.807, 2.05) is 0 Å². The minimum absolute atomic E-state index is 0.00917. The molecule has 4 heterocycles. The lowest BCUT2D eigenvalue weighted by Gasteiger charge is -2.22. The average molecular weight is 1220 g/mol. The van der Waals surface area contributed by atoms with Crippen molar-refractivity contribution in [1.29, 1.82) is 0 Å². The van der Waals surface area contributed by atoms with E-state index in [4.69, 9.17) is 23.2 Å². The molecule has 7 aromatic carbocycles. The van der Waals surface area contributed by atoms with Crippen molar-refractivity contribution in [2.75, 3.05) is 32.1 Å². The van der Waals surface area contributed by atoms with Gasteiger partial charge in [-0.25, -0.2) is 0 Å². The van der Waals surface area contributed by atoms with Gasteiger partial charge in [0, 0.05) is 22.1 Å². The van der Waals surface area contributed by atoms with Gasteiger partial charge in [0.2, 0.25) is 45.9 Å². The molecule has 0 saturated carbocycles. The molecule has 0 saturated heterocycles. The molecule has 9 N–H and O–H groups in total. The van der Waals surface area contributed by atoms with Gasteiger partial charge in [0.15, 0.2) is 5.71 Å². The van der Waals surface area contributed by atoms with Crippen LogP contribution in [0.3, 0.4) is 0 Å². The number of nitrogens with one attached hydrogen (secondary N) is 6. The first-order valence-corrected chi connectivity index (χ1v) is 29.6. The lowest BCUT2D eigenvalue weighted by atomic mass is 9.87. The Hall–Kier alpha value is -9.65. The molecule has 9 aromatic rings. The van der Waals surface area contributed by atoms with Crippen LogP contribution in [0.5, 0.6) is 0 Å². The number of carbonyl (C=O) groups excluding carboxylic acids is 2. The van der Waals surface area contributed by atoms with Crippen LogP contribution >= 0.6 is 23.2 Å². The highest BCUT2D eigenvalue weighted by Crippen LogP contribution is 2.38. The number of aromatic nitrogens is 6. The molecule has 13 rings (SSSR count). The SMILES string of the molecule is Cc1cccc2c(S(=O)(=O)O)c(N/N=C3\C(=O)c4c(cc5cc4Nc4nc(Cl)nc(n4)Nc4ccc(cc4)Nc4nc(Cl)nc(n4)Nc4cc(cc6c4C(=O)/C(=N\Nc4ccc7c(S(=O)(=O)O)cccc7c4)C=C6)C5)C=C3S(=O)(=O)O)ccc12. The van der Waals surface area contributed by atoms with Crippen molar-refractivity contribution in [1.82, 2.24) is 29.9 Å². The van der Waals surface area contributed by atoms with E-state index >= 15 is 0 Å². The maximum atomic E-state index is 15.0. The number of hydrazone groups is 2. The Morgan fingerprint density at radius 3 is 1.74 bits per heavy atom. The van der Waals surface area contributed by atoms with Crippen molar-refractivity contribution in [2.24, 2.45) is 10.2 Å². The summed E-state index contributed by atoms with van der Waals surface area (Å²) in [6, 6.07) is 29.5. The van der Waals surface area contributed by atoms with E-state index in [0.29, 0.717) is 50.1 Å². The Morgan fingerprint density at radius 1 is 0.548 bits per heavy atom. The topological polar surface area (TPSA) is 371 Å². The van der Waals surface area contributed by atoms with E-state index in [0.717, 1.165) is 6.08 Å². The number of carbonyl (C=O) groups is 2. The van der Waals surface area contributed by atoms with Crippen LogP contribution in [0.4, 0.5) is 57.9 Å². The second-order valence-corrected chi connectivity index (χ2v) is 23.7. The quantitative estimate of drug-likeness (QED) is 0.0529. The lowest BCUT2D eigenvalue weighted by Crippen LogP contribution is -2.28. The molecule has 0 atom stereocenters. The third kappa shape index (κ3) is 11.0. The zero-order chi connectivity index (χ0) is 59.0. The zero-order valence-electron chi connectivity index (χ0n) is 42.6. The van der Waals surface area contributed by atoms with Gasteiger partial charge in [-0.2, -0.15) is 65.4 Å². The van der Waals surface area contributed by atoms with E-state index in [9.17, 15) is 48.5 Å². The van der Waals surface area contributed by atoms with E-state index in [2.05, 4.69) is 72.2 Å². The molecule has 2 aliphatic heterocycles. The molecule has 10 bridgehead atoms. The number of halogens is 2. The highest BCUT2D eigenvalue weighted by Gasteiger charge is 2.36. The summed E-state index contributed by atoms with van der Waals surface area (Å²) >= 11 is 13.0. The molecule has 0 fully saturated rings. The summed E-state index contributed by atoms with van der Waals surface area (Å²) in [5.41, 5.74) is 7.23. The van der Waals surface area contributed by atoms with Crippen molar-refractivity contribution < 1.29 is 48.5 Å². The highest BCUT2D eigenvalue weighted by molar-refractivity contribution is 7.91. The van der Waals surface area contributed by atoms with Crippen LogP contribution in [0, 0.1) is 6.92 Å². The van der Waals surface area contributed by atoms with Gasteiger partial charge in [0.1, 0.15) is 20.4 Å². The summed E-state index contributed by atoms with van der Waals surface area (Å²) in [4.78, 5) is 53.8. The zero-order valence-corrected chi connectivity index (χ0v) is 46.5. The number of ketones is 2. The van der Waals surface area contributed by atoms with Crippen LogP contribution < -0.4 is 32.1 Å². The van der Waals surface area contributed by atoms with Gasteiger partial charge >= 0.3 is 0 Å². The maximum absolute atomic E-state index is 15.0. The van der Waals surface area contributed by atoms with Crippen LogP contribution in [0.15, 0.2) is 146 Å². The predicted octanol–water partition coefficient (Wildman–Crippen LogP) is 9.92. The van der Waals surface area contributed by atoms with Gasteiger partial charge < -0.3 is 21.3 Å². The van der Waals surface area contributed by atoms with Gasteiger partial charge in [-0.05, 0) is 148 Å². The van der Waals surface area contributed by atoms with Crippen molar-refractivity contribution in [2.45, 2.75) is 23.1 Å². The van der Waals surface area contributed by atoms with Crippen molar-refractivity contribution in [3.8, 4) is 0 Å². The summed E-state index contributed by atoms with van der Waals surface area (Å²) in [6.07, 6.45) is 4.07. The Balaban J connectivity index is 0.991. The molecule has 0 radical (unpaired) electrons. The molecule has 2 aromatic heterocycles. The Bertz CT molecular complexity index is 4890. The molecule has 84 heavy (non-hydrogen) atoms. The molecule has 4 aliphatic rings. The molecular weight excluding hydrogens is 1190 g/mol. The number of anilines is 10. The molecule has 0 amide bonds. The molecule has 420 valence electrons. The van der Waals surface area contributed by atoms with Crippen LogP contribution in [0.25, 0.3) is 33.7 Å². The van der Waals surface area contributed by atoms with E-state index in [1.54, 1.807) is 73.7 Å². The van der Waals surface area contributed by atoms with Crippen LogP contribution in [0.1, 0.15) is 48.5 Å². The number of benzene rings is 7. The average Bonchev–Trinajstić information content (AvgIpc) is 2.37. The third-order valence-electron chi connectivity index (χ3n) is 13.3. The number of rotatable bonds is 7. The predicted molar refractivity (Wildman–Crippen MR) is 317 cm³/mol. The summed E-state index contributed by atoms with van der Waals surface area (Å²) < 4.78 is 108. The first kappa shape index (κ1) is 54.9. The fourth-order valence-electron chi connectivity index (χ4n) is 9.75. The van der Waals surface area contributed by atoms with Gasteiger partial charge in [0.05, 0.1) is 33.9 Å². The fourth-order valence-corrected chi connectivity index (χ4v) is 12.3. The molecule has 0 spiro atoms. The maximum Gasteiger partial charge on any atom is 0.297 e. The highest BCUT2D eigenvalue weighted by atomic mass is 35.5. The van der Waals surface area contributed by atoms with E-state index < -0.39 is 57.4 Å². The first-order valence-electron chi connectivity index (χ1n) is 24.5. The summed E-state index contributed by atoms with van der Waals surface area (Å²) in [5.74, 6) is -2.02. The second kappa shape index (κ2) is 21.0. The second-order valence-electron chi connectivity index (χ2n) is 18.9. The molecule has 25 nitrogen and oxygen atoms in total. The van der Waals surface area contributed by atoms with Gasteiger partial charge in [0.25, 0.3) is 30.4 Å². The van der Waals surface area contributed by atoms with Crippen molar-refractivity contribution >= 4 is 168 Å². The van der Waals surface area contributed by atoms with Crippen LogP contribution in [0.2, 0.25) is 10.6 Å². The Kier molecular flexibility index (Phi) is 13.7. The summed E-state index contributed by atoms with van der Waals surface area (Å²) in [5, 5.41) is 21.5. The first-order chi connectivity index (χ1) is 40.0. The number of fused-ring (bicyclic) bond motifs is 6. The van der Waals surface area contributed by atoms with Crippen molar-refractivity contribution in [3.63, 3.8) is 0 Å². The number of Topliss-reactive ketones (excluding diaryl/α,β-unsaturated/α-hetero) is 2. The largest absolute Gasteiger partial charge is 0.324 e. The number of hydrogen-bond acceptors (Lipinski definition) is 22. The normalized spacial score (nSPS) is 15.0. The lowest BCUT2D eigenvalue weighted by molar-refractivity contribution is 0.105. The third-order valence-corrected chi connectivity index (χ3v) is 16.4. The van der Waals surface area contributed by atoms with Gasteiger partial charge in [-0.1, -0.05) is 60.7 Å². The van der Waals surface area contributed by atoms with Gasteiger partial charge in [-0.15, -0.1) is 0 Å². The molecular formula is C54H36Cl2N14O11S3. The minimum Gasteiger partial charge on any atom is -0.324 e. The summed E-state index contributed by atoms with van der Waals surface area (Å²) in [6.45, 7) is 1.73. The standard InChI is InChI=1S/C54H36Cl2N14O11S3/c1-25-4-2-6-36-34(25)15-17-38(48(36)84(79,80)81)69-70-45-42(83(76,77)78)24-30-20-27-18-26-19-29-8-16-37(68-67-33-13-14-35-28(23-33)5-3-7-41(35)82(73,74)75)46(71)43(29)39(21-26)59-53-63-49(55)61-51(65-53)57-31-9-11-32(12-10-31)58-52-62-50(56)64-54(66-52)60-40(22-27)44(30)47(45)72/h2-17,19-24,67,69H,18H2,1H3,(H,73,74,75)(H,76,77,78)(H,79,80,81)(H2,57,59,61,63,65)(H2,58,60,62,64,66)/b68-37-,70-45-. The smallest absolute Gasteiger partial charge is 0.297 e. The number of nitrogens with zero attached hydrogens (tertiary/aromatic N) is 8. The van der Waals surface area contributed by atoms with Gasteiger partial charge in [-0.3, -0.25) is 34.1 Å². The Labute approximate surface area is 485 Å². The van der Waals surface area contributed by atoms with E-state index in [-0.39, 0.29) is 95.9 Å². The minimum atomic E-state index is -5.31. The number of aryl methyl sites for hydroxylation is 1. The molecule has 0 unspecified atom stereocenters. The fraction of sp³-hybridized carbons (Fsp3) is 0.0370.